The maximum atomic E-state index is 5.64. The molecule has 0 bridgehead atoms. The van der Waals surface area contributed by atoms with Crippen LogP contribution in [-0.4, -0.2) is 4.99 Å². The summed E-state index contributed by atoms with van der Waals surface area (Å²) >= 11 is 8.47. The number of rotatable bonds is 3. The number of nitrogens with two attached hydrogens (primary N) is 1. The fourth-order valence-corrected chi connectivity index (χ4v) is 2.91. The van der Waals surface area contributed by atoms with Crippen LogP contribution in [0, 0.1) is 13.8 Å². The first-order chi connectivity index (χ1) is 8.95. The molecule has 2 rings (SSSR count). The summed E-state index contributed by atoms with van der Waals surface area (Å²) in [6.45, 7) is 4.17. The first-order valence-corrected chi connectivity index (χ1v) is 7.10. The monoisotopic (exact) mass is 334 g/mol. The normalized spacial score (nSPS) is 10.3. The number of anilines is 2. The minimum absolute atomic E-state index is 0.393. The van der Waals surface area contributed by atoms with Gasteiger partial charge in [0.2, 0.25) is 0 Å². The van der Waals surface area contributed by atoms with Gasteiger partial charge in [0.25, 0.3) is 0 Å². The molecule has 3 N–H and O–H groups in total. The number of benzene rings is 2. The van der Waals surface area contributed by atoms with Crippen LogP contribution in [-0.2, 0) is 0 Å². The van der Waals surface area contributed by atoms with E-state index in [0.717, 1.165) is 21.4 Å². The maximum absolute atomic E-state index is 5.64. The third-order valence-corrected chi connectivity index (χ3v) is 3.62. The zero-order chi connectivity index (χ0) is 14.0. The minimum atomic E-state index is 0.393. The number of hydrogen-bond donors (Lipinski definition) is 2. The molecule has 0 radical (unpaired) electrons. The Kier molecular flexibility index (Phi) is 4.22. The lowest BCUT2D eigenvalue weighted by Crippen LogP contribution is -2.10. The van der Waals surface area contributed by atoms with Gasteiger partial charge in [-0.25, -0.2) is 0 Å². The van der Waals surface area contributed by atoms with Crippen LogP contribution in [0.15, 0.2) is 40.9 Å². The Bertz CT molecular complexity index is 618. The highest BCUT2D eigenvalue weighted by atomic mass is 79.9. The molecule has 2 nitrogen and oxygen atoms in total. The molecule has 0 aliphatic rings. The number of aryl methyl sites for hydroxylation is 2. The van der Waals surface area contributed by atoms with Gasteiger partial charge < -0.3 is 11.1 Å². The van der Waals surface area contributed by atoms with Crippen LogP contribution in [0.1, 0.15) is 16.7 Å². The summed E-state index contributed by atoms with van der Waals surface area (Å²) in [6.07, 6.45) is 0. The Hall–Kier alpha value is -1.39. The Morgan fingerprint density at radius 2 is 1.68 bits per heavy atom. The summed E-state index contributed by atoms with van der Waals surface area (Å²) < 4.78 is 0.898. The summed E-state index contributed by atoms with van der Waals surface area (Å²) in [4.78, 5) is 0.393. The summed E-state index contributed by atoms with van der Waals surface area (Å²) in [5.74, 6) is 0. The van der Waals surface area contributed by atoms with Gasteiger partial charge in [0.05, 0.1) is 0 Å². The van der Waals surface area contributed by atoms with Crippen LogP contribution >= 0.6 is 28.1 Å². The van der Waals surface area contributed by atoms with E-state index < -0.39 is 0 Å². The molecule has 0 heterocycles. The van der Waals surface area contributed by atoms with E-state index in [9.17, 15) is 0 Å². The highest BCUT2D eigenvalue weighted by Gasteiger charge is 2.04. The number of thiocarbonyl (C=S) groups is 1. The highest BCUT2D eigenvalue weighted by Crippen LogP contribution is 2.25. The second kappa shape index (κ2) is 5.72. The fourth-order valence-electron chi connectivity index (χ4n) is 2.01. The molecule has 0 aliphatic carbocycles. The number of nitrogens with one attached hydrogen (secondary N) is 1. The lowest BCUT2D eigenvalue weighted by atomic mass is 10.1. The molecule has 0 aromatic heterocycles. The molecule has 2 aromatic carbocycles. The molecular weight excluding hydrogens is 320 g/mol. The van der Waals surface area contributed by atoms with E-state index in [-0.39, 0.29) is 0 Å². The molecule has 2 aromatic rings. The number of halogens is 1. The molecule has 0 saturated heterocycles. The molecule has 0 aliphatic heterocycles. The molecule has 98 valence electrons. The van der Waals surface area contributed by atoms with Crippen molar-refractivity contribution < 1.29 is 0 Å². The zero-order valence-electron chi connectivity index (χ0n) is 10.8. The van der Waals surface area contributed by atoms with Crippen molar-refractivity contribution in [2.24, 2.45) is 5.73 Å². The van der Waals surface area contributed by atoms with Crippen molar-refractivity contribution in [1.82, 2.24) is 0 Å². The van der Waals surface area contributed by atoms with E-state index in [1.54, 1.807) is 0 Å². The van der Waals surface area contributed by atoms with Crippen molar-refractivity contribution in [3.05, 3.63) is 57.6 Å². The van der Waals surface area contributed by atoms with Crippen molar-refractivity contribution in [1.29, 1.82) is 0 Å². The van der Waals surface area contributed by atoms with Gasteiger partial charge in [-0.1, -0.05) is 18.3 Å². The molecule has 0 saturated carbocycles. The average molecular weight is 335 g/mol. The summed E-state index contributed by atoms with van der Waals surface area (Å²) in [5, 5.41) is 3.38. The lowest BCUT2D eigenvalue weighted by Gasteiger charge is -2.10. The van der Waals surface area contributed by atoms with Crippen LogP contribution in [0.3, 0.4) is 0 Å². The first-order valence-electron chi connectivity index (χ1n) is 5.90. The molecule has 0 unspecified atom stereocenters. The van der Waals surface area contributed by atoms with Crippen molar-refractivity contribution in [3.8, 4) is 0 Å². The van der Waals surface area contributed by atoms with Crippen LogP contribution in [0.2, 0.25) is 0 Å². The molecule has 0 atom stereocenters. The van der Waals surface area contributed by atoms with Crippen LogP contribution in [0.4, 0.5) is 11.4 Å². The van der Waals surface area contributed by atoms with Crippen molar-refractivity contribution in [3.63, 3.8) is 0 Å². The Morgan fingerprint density at radius 1 is 1.05 bits per heavy atom. The second-order valence-electron chi connectivity index (χ2n) is 4.56. The first kappa shape index (κ1) is 14.0. The van der Waals surface area contributed by atoms with Crippen LogP contribution in [0.5, 0.6) is 0 Å². The quantitative estimate of drug-likeness (QED) is 0.814. The molecule has 0 spiro atoms. The van der Waals surface area contributed by atoms with E-state index in [4.69, 9.17) is 18.0 Å². The maximum Gasteiger partial charge on any atom is 0.105 e. The van der Waals surface area contributed by atoms with Crippen molar-refractivity contribution in [2.45, 2.75) is 13.8 Å². The van der Waals surface area contributed by atoms with Gasteiger partial charge in [0.1, 0.15) is 4.99 Å². The molecule has 19 heavy (non-hydrogen) atoms. The van der Waals surface area contributed by atoms with Crippen LogP contribution in [0.25, 0.3) is 0 Å². The Balaban J connectivity index is 2.28. The van der Waals surface area contributed by atoms with Gasteiger partial charge in [0, 0.05) is 21.4 Å². The third kappa shape index (κ3) is 3.55. The molecule has 0 fully saturated rings. The predicted octanol–water partition coefficient (Wildman–Crippen LogP) is 4.44. The van der Waals surface area contributed by atoms with Gasteiger partial charge in [-0.05, 0) is 71.2 Å². The van der Waals surface area contributed by atoms with E-state index in [0.29, 0.717) is 4.99 Å². The standard InChI is InChI=1S/C15H15BrN2S/c1-9-5-10(2)7-12(6-9)18-11-3-4-13(15(17)19)14(16)8-11/h3-8,18H,1-2H3,(H2,17,19). The van der Waals surface area contributed by atoms with Gasteiger partial charge in [-0.2, -0.15) is 0 Å². The largest absolute Gasteiger partial charge is 0.389 e. The highest BCUT2D eigenvalue weighted by molar-refractivity contribution is 9.10. The second-order valence-corrected chi connectivity index (χ2v) is 5.85. The Labute approximate surface area is 127 Å². The summed E-state index contributed by atoms with van der Waals surface area (Å²) in [5.41, 5.74) is 11.0. The van der Waals surface area contributed by atoms with E-state index in [1.165, 1.54) is 11.1 Å². The lowest BCUT2D eigenvalue weighted by molar-refractivity contribution is 1.37. The van der Waals surface area contributed by atoms with Gasteiger partial charge in [-0.3, -0.25) is 0 Å². The Morgan fingerprint density at radius 3 is 2.21 bits per heavy atom. The average Bonchev–Trinajstić information content (AvgIpc) is 2.26. The summed E-state index contributed by atoms with van der Waals surface area (Å²) in [6, 6.07) is 12.2. The predicted molar refractivity (Wildman–Crippen MR) is 89.2 cm³/mol. The van der Waals surface area contributed by atoms with Crippen molar-refractivity contribution in [2.75, 3.05) is 5.32 Å². The van der Waals surface area contributed by atoms with Gasteiger partial charge in [-0.15, -0.1) is 0 Å². The van der Waals surface area contributed by atoms with E-state index in [1.807, 2.05) is 18.2 Å². The fraction of sp³-hybridized carbons (Fsp3) is 0.133. The van der Waals surface area contributed by atoms with Gasteiger partial charge in [0.15, 0.2) is 0 Å². The van der Waals surface area contributed by atoms with E-state index >= 15 is 0 Å². The zero-order valence-corrected chi connectivity index (χ0v) is 13.2. The topological polar surface area (TPSA) is 38.0 Å². The smallest absolute Gasteiger partial charge is 0.105 e. The SMILES string of the molecule is Cc1cc(C)cc(Nc2ccc(C(N)=S)c(Br)c2)c1. The molecule has 0 amide bonds. The summed E-state index contributed by atoms with van der Waals surface area (Å²) in [7, 11) is 0. The van der Waals surface area contributed by atoms with Crippen LogP contribution < -0.4 is 11.1 Å². The minimum Gasteiger partial charge on any atom is -0.389 e. The number of hydrogen-bond acceptors (Lipinski definition) is 2. The molecule has 4 heteroatoms. The van der Waals surface area contributed by atoms with Crippen molar-refractivity contribution >= 4 is 44.5 Å². The van der Waals surface area contributed by atoms with E-state index in [2.05, 4.69) is 53.3 Å². The molecular formula is C15H15BrN2S. The third-order valence-electron chi connectivity index (χ3n) is 2.74. The van der Waals surface area contributed by atoms with Gasteiger partial charge >= 0.3 is 0 Å².